The minimum atomic E-state index is 0.894. The molecule has 0 aliphatic heterocycles. The molecule has 0 radical (unpaired) electrons. The molecule has 0 saturated heterocycles. The van der Waals surface area contributed by atoms with Crippen LogP contribution < -0.4 is 0 Å². The standard InChI is InChI=1S/C31H62/c1-9-12-14-15-16-20-25(5)31(21-17-19-24(4)18-13-10-2)28(8)30(11-3)27(7)23-29-22-26(29)6/h24-31H,9-23H2,1-8H3. The minimum Gasteiger partial charge on any atom is -0.0654 e. The van der Waals surface area contributed by atoms with Crippen LogP contribution in [0.4, 0.5) is 0 Å². The lowest BCUT2D eigenvalue weighted by Gasteiger charge is -2.38. The van der Waals surface area contributed by atoms with Crippen LogP contribution in [0, 0.1) is 47.3 Å². The van der Waals surface area contributed by atoms with Crippen molar-refractivity contribution in [1.29, 1.82) is 0 Å². The fourth-order valence-electron chi connectivity index (χ4n) is 6.74. The highest BCUT2D eigenvalue weighted by molar-refractivity contribution is 4.87. The largest absolute Gasteiger partial charge is 0.0654 e. The van der Waals surface area contributed by atoms with Crippen LogP contribution in [0.2, 0.25) is 0 Å². The van der Waals surface area contributed by atoms with Crippen molar-refractivity contribution < 1.29 is 0 Å². The van der Waals surface area contributed by atoms with Crippen molar-refractivity contribution in [3.8, 4) is 0 Å². The second-order valence-corrected chi connectivity index (χ2v) is 12.1. The van der Waals surface area contributed by atoms with Crippen LogP contribution in [0.3, 0.4) is 0 Å². The summed E-state index contributed by atoms with van der Waals surface area (Å²) in [4.78, 5) is 0. The molecule has 0 bridgehead atoms. The molecule has 0 heterocycles. The lowest BCUT2D eigenvalue weighted by atomic mass is 9.67. The SMILES string of the molecule is CCCCCCCC(C)C(CCCC(C)CCCC)C(C)C(CC)C(C)CC1CC1C. The molecule has 0 N–H and O–H groups in total. The number of hydrogen-bond acceptors (Lipinski definition) is 0. The predicted molar refractivity (Wildman–Crippen MR) is 143 cm³/mol. The Hall–Kier alpha value is 0. The van der Waals surface area contributed by atoms with Gasteiger partial charge in [-0.05, 0) is 66.6 Å². The lowest BCUT2D eigenvalue weighted by molar-refractivity contribution is 0.115. The van der Waals surface area contributed by atoms with E-state index in [2.05, 4.69) is 55.4 Å². The van der Waals surface area contributed by atoms with E-state index in [-0.39, 0.29) is 0 Å². The zero-order valence-electron chi connectivity index (χ0n) is 23.2. The molecule has 0 amide bonds. The Kier molecular flexibility index (Phi) is 15.5. The predicted octanol–water partition coefficient (Wildman–Crippen LogP) is 10.9. The Morgan fingerprint density at radius 3 is 1.84 bits per heavy atom. The third kappa shape index (κ3) is 11.6. The molecule has 8 atom stereocenters. The molecule has 0 aromatic heterocycles. The maximum absolute atomic E-state index is 2.65. The van der Waals surface area contributed by atoms with Crippen molar-refractivity contribution in [3.63, 3.8) is 0 Å². The molecule has 0 heteroatoms. The first-order valence-electron chi connectivity index (χ1n) is 14.8. The number of rotatable bonds is 20. The normalized spacial score (nSPS) is 24.4. The molecular formula is C31H62. The molecule has 0 nitrogen and oxygen atoms in total. The van der Waals surface area contributed by atoms with Gasteiger partial charge in [0, 0.05) is 0 Å². The maximum atomic E-state index is 2.65. The number of unbranched alkanes of at least 4 members (excludes halogenated alkanes) is 5. The van der Waals surface area contributed by atoms with Crippen molar-refractivity contribution in [3.05, 3.63) is 0 Å². The average molecular weight is 435 g/mol. The summed E-state index contributed by atoms with van der Waals surface area (Å²) >= 11 is 0. The van der Waals surface area contributed by atoms with Crippen molar-refractivity contribution in [2.24, 2.45) is 47.3 Å². The monoisotopic (exact) mass is 434 g/mol. The highest BCUT2D eigenvalue weighted by atomic mass is 14.4. The smallest absolute Gasteiger partial charge is 0.0360 e. The van der Waals surface area contributed by atoms with E-state index in [1.165, 1.54) is 96.3 Å². The van der Waals surface area contributed by atoms with Gasteiger partial charge in [-0.3, -0.25) is 0 Å². The molecule has 31 heavy (non-hydrogen) atoms. The Balaban J connectivity index is 2.66. The summed E-state index contributed by atoms with van der Waals surface area (Å²) < 4.78 is 0. The molecule has 0 aromatic carbocycles. The molecule has 1 saturated carbocycles. The van der Waals surface area contributed by atoms with Crippen LogP contribution in [0.25, 0.3) is 0 Å². The van der Waals surface area contributed by atoms with Crippen LogP contribution >= 0.6 is 0 Å². The van der Waals surface area contributed by atoms with Gasteiger partial charge < -0.3 is 0 Å². The van der Waals surface area contributed by atoms with Crippen LogP contribution in [0.15, 0.2) is 0 Å². The van der Waals surface area contributed by atoms with Gasteiger partial charge in [0.05, 0.1) is 0 Å². The fourth-order valence-corrected chi connectivity index (χ4v) is 6.74. The summed E-state index contributed by atoms with van der Waals surface area (Å²) in [6.45, 7) is 20.0. The molecular weight excluding hydrogens is 372 g/mol. The zero-order valence-corrected chi connectivity index (χ0v) is 23.2. The topological polar surface area (TPSA) is 0 Å². The van der Waals surface area contributed by atoms with E-state index in [9.17, 15) is 0 Å². The molecule has 1 aliphatic rings. The van der Waals surface area contributed by atoms with E-state index in [0.717, 1.165) is 47.3 Å². The van der Waals surface area contributed by atoms with Crippen LogP contribution in [-0.4, -0.2) is 0 Å². The second-order valence-electron chi connectivity index (χ2n) is 12.1. The van der Waals surface area contributed by atoms with Gasteiger partial charge in [0.15, 0.2) is 0 Å². The lowest BCUT2D eigenvalue weighted by Crippen LogP contribution is -2.30. The highest BCUT2D eigenvalue weighted by Gasteiger charge is 2.37. The first-order chi connectivity index (χ1) is 14.8. The Morgan fingerprint density at radius 1 is 0.645 bits per heavy atom. The van der Waals surface area contributed by atoms with E-state index in [0.29, 0.717) is 0 Å². The summed E-state index contributed by atoms with van der Waals surface area (Å²) in [6, 6.07) is 0. The Labute approximate surface area is 199 Å². The van der Waals surface area contributed by atoms with E-state index >= 15 is 0 Å². The van der Waals surface area contributed by atoms with Gasteiger partial charge in [-0.25, -0.2) is 0 Å². The summed E-state index contributed by atoms with van der Waals surface area (Å²) in [5, 5.41) is 0. The van der Waals surface area contributed by atoms with Crippen LogP contribution in [0.1, 0.15) is 152 Å². The van der Waals surface area contributed by atoms with Crippen molar-refractivity contribution >= 4 is 0 Å². The fraction of sp³-hybridized carbons (Fsp3) is 1.00. The molecule has 0 spiro atoms. The molecule has 8 unspecified atom stereocenters. The van der Waals surface area contributed by atoms with E-state index in [1.807, 2.05) is 0 Å². The van der Waals surface area contributed by atoms with Crippen LogP contribution in [-0.2, 0) is 0 Å². The van der Waals surface area contributed by atoms with Crippen molar-refractivity contribution in [2.75, 3.05) is 0 Å². The van der Waals surface area contributed by atoms with Gasteiger partial charge in [-0.1, -0.05) is 132 Å². The molecule has 1 aliphatic carbocycles. The van der Waals surface area contributed by atoms with Gasteiger partial charge in [0.25, 0.3) is 0 Å². The number of hydrogen-bond donors (Lipinski definition) is 0. The maximum Gasteiger partial charge on any atom is -0.0360 e. The molecule has 186 valence electrons. The second kappa shape index (κ2) is 16.6. The molecule has 1 rings (SSSR count). The van der Waals surface area contributed by atoms with Gasteiger partial charge in [0.1, 0.15) is 0 Å². The third-order valence-electron chi connectivity index (χ3n) is 9.28. The van der Waals surface area contributed by atoms with Gasteiger partial charge >= 0.3 is 0 Å². The van der Waals surface area contributed by atoms with E-state index in [1.54, 1.807) is 0 Å². The Morgan fingerprint density at radius 2 is 1.26 bits per heavy atom. The Bertz CT molecular complexity index is 412. The van der Waals surface area contributed by atoms with Gasteiger partial charge in [0.2, 0.25) is 0 Å². The summed E-state index contributed by atoms with van der Waals surface area (Å²) in [7, 11) is 0. The third-order valence-corrected chi connectivity index (χ3v) is 9.28. The summed E-state index contributed by atoms with van der Waals surface area (Å²) in [5.74, 6) is 7.57. The summed E-state index contributed by atoms with van der Waals surface area (Å²) in [5.41, 5.74) is 0. The van der Waals surface area contributed by atoms with Crippen molar-refractivity contribution in [1.82, 2.24) is 0 Å². The van der Waals surface area contributed by atoms with Gasteiger partial charge in [-0.15, -0.1) is 0 Å². The van der Waals surface area contributed by atoms with Gasteiger partial charge in [-0.2, -0.15) is 0 Å². The van der Waals surface area contributed by atoms with E-state index < -0.39 is 0 Å². The zero-order chi connectivity index (χ0) is 23.2. The minimum absolute atomic E-state index is 0.894. The molecule has 0 aromatic rings. The van der Waals surface area contributed by atoms with Crippen molar-refractivity contribution in [2.45, 2.75) is 152 Å². The van der Waals surface area contributed by atoms with Crippen LogP contribution in [0.5, 0.6) is 0 Å². The average Bonchev–Trinajstić information content (AvgIpc) is 3.43. The first-order valence-corrected chi connectivity index (χ1v) is 14.8. The first kappa shape index (κ1) is 29.0. The molecule has 1 fully saturated rings. The summed E-state index contributed by atoms with van der Waals surface area (Å²) in [6.07, 6.45) is 21.6. The highest BCUT2D eigenvalue weighted by Crippen LogP contribution is 2.46. The quantitative estimate of drug-likeness (QED) is 0.167. The van der Waals surface area contributed by atoms with E-state index in [4.69, 9.17) is 0 Å².